The van der Waals surface area contributed by atoms with E-state index in [9.17, 15) is 14.7 Å². The Labute approximate surface area is 173 Å². The first-order valence-electron chi connectivity index (χ1n) is 9.84. The molecule has 160 valence electrons. The number of carbonyl (C=O) groups is 1. The molecule has 1 aromatic heterocycles. The van der Waals surface area contributed by atoms with E-state index in [0.29, 0.717) is 28.6 Å². The maximum atomic E-state index is 12.4. The van der Waals surface area contributed by atoms with Crippen LogP contribution in [0, 0.1) is 0 Å². The number of ether oxygens (including phenoxy) is 2. The quantitative estimate of drug-likeness (QED) is 0.655. The third-order valence-corrected chi connectivity index (χ3v) is 5.85. The lowest BCUT2D eigenvalue weighted by molar-refractivity contribution is 0.142. The Bertz CT molecular complexity index is 1050. The summed E-state index contributed by atoms with van der Waals surface area (Å²) >= 11 is 0. The number of aromatic hydroxyl groups is 1. The van der Waals surface area contributed by atoms with Crippen LogP contribution in [0.25, 0.3) is 11.3 Å². The van der Waals surface area contributed by atoms with Crippen molar-refractivity contribution in [3.8, 4) is 28.5 Å². The Morgan fingerprint density at radius 2 is 2.13 bits per heavy atom. The molecular weight excluding hydrogens is 390 g/mol. The topological polar surface area (TPSA) is 115 Å². The van der Waals surface area contributed by atoms with Crippen LogP contribution in [0.4, 0.5) is 10.5 Å². The van der Waals surface area contributed by atoms with E-state index in [1.807, 2.05) is 25.1 Å². The molecule has 3 N–H and O–H groups in total. The molecule has 9 nitrogen and oxygen atoms in total. The van der Waals surface area contributed by atoms with Crippen molar-refractivity contribution in [2.45, 2.75) is 25.3 Å². The fraction of sp³-hybridized carbons (Fsp3) is 0.429. The summed E-state index contributed by atoms with van der Waals surface area (Å²) in [6.45, 7) is 3.96. The van der Waals surface area contributed by atoms with Gasteiger partial charge in [-0.05, 0) is 32.6 Å². The fourth-order valence-electron chi connectivity index (χ4n) is 4.19. The normalized spacial score (nSPS) is 20.3. The van der Waals surface area contributed by atoms with Gasteiger partial charge in [-0.25, -0.2) is 4.79 Å². The van der Waals surface area contributed by atoms with Crippen molar-refractivity contribution in [1.82, 2.24) is 9.88 Å². The van der Waals surface area contributed by atoms with Crippen LogP contribution in [0.2, 0.25) is 0 Å². The third-order valence-electron chi connectivity index (χ3n) is 5.85. The number of nitrogens with zero attached hydrogens (tertiary/aromatic N) is 2. The smallest absolute Gasteiger partial charge is 0.504 e. The number of aromatic amines is 1. The largest absolute Gasteiger partial charge is 0.511 e. The molecule has 0 amide bonds. The van der Waals surface area contributed by atoms with Gasteiger partial charge in [0.25, 0.3) is 5.56 Å². The Kier molecular flexibility index (Phi) is 5.07. The van der Waals surface area contributed by atoms with E-state index in [2.05, 4.69) is 33.6 Å². The number of H-pyrrole nitrogens is 1. The number of anilines is 1. The summed E-state index contributed by atoms with van der Waals surface area (Å²) in [5.41, 5.74) is 1.66. The van der Waals surface area contributed by atoms with Gasteiger partial charge in [0.15, 0.2) is 5.75 Å². The zero-order valence-corrected chi connectivity index (χ0v) is 17.1. The maximum Gasteiger partial charge on any atom is 0.511 e. The predicted octanol–water partition coefficient (Wildman–Crippen LogP) is 2.44. The van der Waals surface area contributed by atoms with Crippen LogP contribution in [0.1, 0.15) is 24.8 Å². The van der Waals surface area contributed by atoms with Crippen molar-refractivity contribution < 1.29 is 24.5 Å². The van der Waals surface area contributed by atoms with E-state index in [-0.39, 0.29) is 12.5 Å². The highest BCUT2D eigenvalue weighted by molar-refractivity contribution is 5.78. The van der Waals surface area contributed by atoms with Gasteiger partial charge in [-0.1, -0.05) is 6.92 Å². The van der Waals surface area contributed by atoms with Gasteiger partial charge in [-0.2, -0.15) is 0 Å². The average Bonchev–Trinajstić information content (AvgIpc) is 3.14. The van der Waals surface area contributed by atoms with Gasteiger partial charge in [-0.15, -0.1) is 0 Å². The molecule has 2 unspecified atom stereocenters. The molecule has 1 aromatic carbocycles. The van der Waals surface area contributed by atoms with Crippen LogP contribution in [0.15, 0.2) is 23.0 Å². The number of likely N-dealkylation sites (N-methyl/N-ethyl adjacent to an activating group) is 1. The molecule has 3 heterocycles. The molecule has 0 bridgehead atoms. The summed E-state index contributed by atoms with van der Waals surface area (Å²) in [6, 6.07) is 6.27. The lowest BCUT2D eigenvalue weighted by atomic mass is 9.95. The number of hydrogen-bond donors (Lipinski definition) is 3. The van der Waals surface area contributed by atoms with E-state index < -0.39 is 23.2 Å². The summed E-state index contributed by atoms with van der Waals surface area (Å²) in [5.74, 6) is -0.792. The van der Waals surface area contributed by atoms with Crippen molar-refractivity contribution in [1.29, 1.82) is 0 Å². The summed E-state index contributed by atoms with van der Waals surface area (Å²) in [5, 5.41) is 19.5. The number of hydrogen-bond acceptors (Lipinski definition) is 7. The second-order valence-electron chi connectivity index (χ2n) is 8.03. The molecule has 0 saturated carbocycles. The van der Waals surface area contributed by atoms with Crippen molar-refractivity contribution in [2.24, 2.45) is 0 Å². The van der Waals surface area contributed by atoms with Gasteiger partial charge in [0.1, 0.15) is 5.75 Å². The molecule has 2 aromatic rings. The van der Waals surface area contributed by atoms with Crippen molar-refractivity contribution >= 4 is 11.8 Å². The second-order valence-corrected chi connectivity index (χ2v) is 8.03. The van der Waals surface area contributed by atoms with Gasteiger partial charge in [0.2, 0.25) is 5.75 Å². The summed E-state index contributed by atoms with van der Waals surface area (Å²) in [4.78, 5) is 30.5. The zero-order chi connectivity index (χ0) is 21.6. The minimum absolute atomic E-state index is 0.260. The minimum Gasteiger partial charge on any atom is -0.504 e. The highest BCUT2D eigenvalue weighted by atomic mass is 16.7. The van der Waals surface area contributed by atoms with E-state index >= 15 is 0 Å². The first-order valence-corrected chi connectivity index (χ1v) is 9.84. The molecule has 2 atom stereocenters. The van der Waals surface area contributed by atoms with Crippen LogP contribution in [-0.4, -0.2) is 66.1 Å². The minimum atomic E-state index is -1.67. The molecular formula is C21H25N3O6. The van der Waals surface area contributed by atoms with Gasteiger partial charge in [0, 0.05) is 47.9 Å². The van der Waals surface area contributed by atoms with Crippen molar-refractivity contribution in [3.05, 3.63) is 34.1 Å². The lowest BCUT2D eigenvalue weighted by Gasteiger charge is -2.22. The van der Waals surface area contributed by atoms with Crippen LogP contribution < -0.4 is 19.9 Å². The molecule has 0 radical (unpaired) electrons. The molecule has 1 fully saturated rings. The first kappa shape index (κ1) is 20.1. The summed E-state index contributed by atoms with van der Waals surface area (Å²) in [7, 11) is 4.16. The highest BCUT2D eigenvalue weighted by Gasteiger charge is 2.30. The Hall–Kier alpha value is -3.20. The Morgan fingerprint density at radius 3 is 2.80 bits per heavy atom. The molecule has 2 aliphatic rings. The van der Waals surface area contributed by atoms with Crippen LogP contribution in [0.5, 0.6) is 17.2 Å². The maximum absolute atomic E-state index is 12.4. The molecule has 4 rings (SSSR count). The lowest BCUT2D eigenvalue weighted by Crippen LogP contribution is -2.31. The van der Waals surface area contributed by atoms with Gasteiger partial charge in [-0.3, -0.25) is 4.79 Å². The van der Waals surface area contributed by atoms with E-state index in [1.54, 1.807) is 0 Å². The van der Waals surface area contributed by atoms with Crippen LogP contribution >= 0.6 is 0 Å². The number of fused-ring (bicyclic) bond motifs is 3. The molecule has 0 aliphatic carbocycles. The van der Waals surface area contributed by atoms with Gasteiger partial charge >= 0.3 is 6.16 Å². The zero-order valence-electron chi connectivity index (χ0n) is 17.1. The van der Waals surface area contributed by atoms with E-state index in [1.165, 1.54) is 0 Å². The Morgan fingerprint density at radius 1 is 1.37 bits per heavy atom. The monoisotopic (exact) mass is 415 g/mol. The van der Waals surface area contributed by atoms with Crippen LogP contribution in [0.3, 0.4) is 0 Å². The standard InChI is InChI=1S/C21H25N3O6/c1-11-10-29-15-8-12(24-7-6-13(9-24)23(2)3)4-5-14(15)17-16(11)18(25)19(20(26)22-17)30-21(27)28/h4-5,8,11,13H,6-7,9-10H2,1-3H3,(H,27,28)(H2,22,25,26). The molecule has 2 aliphatic heterocycles. The highest BCUT2D eigenvalue weighted by Crippen LogP contribution is 2.44. The Balaban J connectivity index is 1.77. The van der Waals surface area contributed by atoms with Crippen molar-refractivity contribution in [2.75, 3.05) is 38.7 Å². The SMILES string of the molecule is CC1COc2cc(N3CCC(N(C)C)C3)ccc2-c2[nH]c(=O)c(OC(=O)O)c(O)c21. The number of benzene rings is 1. The number of rotatable bonds is 3. The molecule has 30 heavy (non-hydrogen) atoms. The number of nitrogens with one attached hydrogen (secondary N) is 1. The molecule has 1 saturated heterocycles. The van der Waals surface area contributed by atoms with E-state index in [0.717, 1.165) is 25.2 Å². The van der Waals surface area contributed by atoms with Gasteiger partial charge < -0.3 is 34.5 Å². The average molecular weight is 415 g/mol. The summed E-state index contributed by atoms with van der Waals surface area (Å²) < 4.78 is 10.5. The molecule has 0 spiro atoms. The predicted molar refractivity (Wildman–Crippen MR) is 111 cm³/mol. The molecule has 9 heteroatoms. The fourth-order valence-corrected chi connectivity index (χ4v) is 4.19. The second kappa shape index (κ2) is 7.56. The first-order chi connectivity index (χ1) is 14.3. The number of pyridine rings is 1. The van der Waals surface area contributed by atoms with Crippen LogP contribution in [-0.2, 0) is 0 Å². The van der Waals surface area contributed by atoms with Crippen molar-refractivity contribution in [3.63, 3.8) is 0 Å². The van der Waals surface area contributed by atoms with E-state index in [4.69, 9.17) is 9.84 Å². The number of aromatic nitrogens is 1. The number of carboxylic acid groups (broad SMARTS) is 1. The summed E-state index contributed by atoms with van der Waals surface area (Å²) in [6.07, 6.45) is -0.585. The van der Waals surface area contributed by atoms with Gasteiger partial charge in [0.05, 0.1) is 12.3 Å². The third kappa shape index (κ3) is 3.45.